The van der Waals surface area contributed by atoms with Gasteiger partial charge in [0, 0.05) is 18.9 Å². The Morgan fingerprint density at radius 1 is 1.50 bits per heavy atom. The molecule has 0 aliphatic carbocycles. The normalized spacial score (nSPS) is 12.6. The standard InChI is InChI=1S/C12H16ClN5/c1-2-6-18-12(10(13)8-16-18)11(17-14)9-4-3-5-15-7-9/h3-5,7-8,11,17H,2,6,14H2,1H3. The summed E-state index contributed by atoms with van der Waals surface area (Å²) in [5.41, 5.74) is 4.60. The van der Waals surface area contributed by atoms with Crippen LogP contribution in [0.3, 0.4) is 0 Å². The maximum Gasteiger partial charge on any atom is 0.0908 e. The Balaban J connectivity index is 2.41. The SMILES string of the molecule is CCCn1ncc(Cl)c1C(NN)c1cccnc1. The van der Waals surface area contributed by atoms with Crippen LogP contribution >= 0.6 is 11.6 Å². The monoisotopic (exact) mass is 265 g/mol. The van der Waals surface area contributed by atoms with Crippen LogP contribution in [-0.2, 0) is 6.54 Å². The minimum absolute atomic E-state index is 0.208. The molecule has 0 aromatic carbocycles. The van der Waals surface area contributed by atoms with E-state index in [1.165, 1.54) is 0 Å². The van der Waals surface area contributed by atoms with Gasteiger partial charge in [0.05, 0.1) is 23.0 Å². The van der Waals surface area contributed by atoms with Crippen LogP contribution in [0.4, 0.5) is 0 Å². The molecule has 18 heavy (non-hydrogen) atoms. The zero-order valence-corrected chi connectivity index (χ0v) is 10.9. The lowest BCUT2D eigenvalue weighted by molar-refractivity contribution is 0.520. The van der Waals surface area contributed by atoms with E-state index in [-0.39, 0.29) is 6.04 Å². The molecule has 2 heterocycles. The van der Waals surface area contributed by atoms with Gasteiger partial charge in [0.1, 0.15) is 0 Å². The number of nitrogens with zero attached hydrogens (tertiary/aromatic N) is 3. The van der Waals surface area contributed by atoms with Gasteiger partial charge < -0.3 is 0 Å². The minimum Gasteiger partial charge on any atom is -0.271 e. The van der Waals surface area contributed by atoms with E-state index >= 15 is 0 Å². The molecule has 6 heteroatoms. The molecule has 96 valence electrons. The fraction of sp³-hybridized carbons (Fsp3) is 0.333. The molecule has 0 amide bonds. The summed E-state index contributed by atoms with van der Waals surface area (Å²) < 4.78 is 1.87. The molecule has 0 aliphatic rings. The Morgan fingerprint density at radius 2 is 2.33 bits per heavy atom. The smallest absolute Gasteiger partial charge is 0.0908 e. The molecule has 5 nitrogen and oxygen atoms in total. The van der Waals surface area contributed by atoms with Crippen LogP contribution in [0, 0.1) is 0 Å². The highest BCUT2D eigenvalue weighted by Crippen LogP contribution is 2.27. The Labute approximate surface area is 111 Å². The van der Waals surface area contributed by atoms with E-state index in [4.69, 9.17) is 17.4 Å². The van der Waals surface area contributed by atoms with Crippen LogP contribution in [0.5, 0.6) is 0 Å². The van der Waals surface area contributed by atoms with Crippen molar-refractivity contribution in [2.24, 2.45) is 5.84 Å². The molecule has 1 unspecified atom stereocenters. The summed E-state index contributed by atoms with van der Waals surface area (Å²) in [6, 6.07) is 3.62. The van der Waals surface area contributed by atoms with E-state index in [0.29, 0.717) is 5.02 Å². The second-order valence-electron chi connectivity index (χ2n) is 3.99. The number of nitrogens with one attached hydrogen (secondary N) is 1. The molecule has 0 fully saturated rings. The lowest BCUT2D eigenvalue weighted by atomic mass is 10.1. The first kappa shape index (κ1) is 13.0. The van der Waals surface area contributed by atoms with Crippen molar-refractivity contribution in [3.8, 4) is 0 Å². The van der Waals surface area contributed by atoms with Gasteiger partial charge in [0.15, 0.2) is 0 Å². The van der Waals surface area contributed by atoms with Crippen molar-refractivity contribution in [2.75, 3.05) is 0 Å². The molecule has 0 radical (unpaired) electrons. The first-order valence-corrected chi connectivity index (χ1v) is 6.23. The van der Waals surface area contributed by atoms with E-state index in [1.54, 1.807) is 18.6 Å². The molecule has 0 aliphatic heterocycles. The van der Waals surface area contributed by atoms with Crippen molar-refractivity contribution in [1.29, 1.82) is 0 Å². The van der Waals surface area contributed by atoms with Crippen molar-refractivity contribution in [2.45, 2.75) is 25.9 Å². The van der Waals surface area contributed by atoms with Gasteiger partial charge in [-0.3, -0.25) is 15.5 Å². The summed E-state index contributed by atoms with van der Waals surface area (Å²) in [6.07, 6.45) is 6.12. The third kappa shape index (κ3) is 2.53. The van der Waals surface area contributed by atoms with Gasteiger partial charge in [-0.2, -0.15) is 5.10 Å². The van der Waals surface area contributed by atoms with Crippen LogP contribution in [0.15, 0.2) is 30.7 Å². The highest BCUT2D eigenvalue weighted by atomic mass is 35.5. The fourth-order valence-corrected chi connectivity index (χ4v) is 2.18. The highest BCUT2D eigenvalue weighted by molar-refractivity contribution is 6.31. The Hall–Kier alpha value is -1.43. The summed E-state index contributed by atoms with van der Waals surface area (Å²) >= 11 is 6.20. The lowest BCUT2D eigenvalue weighted by Gasteiger charge is -2.18. The van der Waals surface area contributed by atoms with Gasteiger partial charge in [-0.1, -0.05) is 24.6 Å². The minimum atomic E-state index is -0.208. The van der Waals surface area contributed by atoms with Crippen molar-refractivity contribution in [3.05, 3.63) is 47.0 Å². The number of pyridine rings is 1. The third-order valence-corrected chi connectivity index (χ3v) is 3.02. The van der Waals surface area contributed by atoms with Crippen molar-refractivity contribution in [1.82, 2.24) is 20.2 Å². The van der Waals surface area contributed by atoms with Gasteiger partial charge in [-0.25, -0.2) is 5.43 Å². The van der Waals surface area contributed by atoms with E-state index in [1.807, 2.05) is 16.8 Å². The number of aromatic nitrogens is 3. The zero-order valence-electron chi connectivity index (χ0n) is 10.2. The molecule has 2 aromatic rings. The van der Waals surface area contributed by atoms with Crippen LogP contribution in [0.1, 0.15) is 30.6 Å². The van der Waals surface area contributed by atoms with E-state index in [9.17, 15) is 0 Å². The fourth-order valence-electron chi connectivity index (χ4n) is 1.93. The number of nitrogens with two attached hydrogens (primary N) is 1. The highest BCUT2D eigenvalue weighted by Gasteiger charge is 2.20. The summed E-state index contributed by atoms with van der Waals surface area (Å²) in [4.78, 5) is 4.10. The predicted octanol–water partition coefficient (Wildman–Crippen LogP) is 1.89. The van der Waals surface area contributed by atoms with Crippen molar-refractivity contribution < 1.29 is 0 Å². The van der Waals surface area contributed by atoms with Crippen LogP contribution in [0.25, 0.3) is 0 Å². The predicted molar refractivity (Wildman–Crippen MR) is 70.9 cm³/mol. The molecule has 2 aromatic heterocycles. The first-order chi connectivity index (χ1) is 8.77. The maximum absolute atomic E-state index is 6.20. The van der Waals surface area contributed by atoms with Crippen LogP contribution < -0.4 is 11.3 Å². The molecule has 0 spiro atoms. The van der Waals surface area contributed by atoms with E-state index < -0.39 is 0 Å². The van der Waals surface area contributed by atoms with Crippen molar-refractivity contribution in [3.63, 3.8) is 0 Å². The Morgan fingerprint density at radius 3 is 2.94 bits per heavy atom. The lowest BCUT2D eigenvalue weighted by Crippen LogP contribution is -2.31. The van der Waals surface area contributed by atoms with Gasteiger partial charge >= 0.3 is 0 Å². The average molecular weight is 266 g/mol. The molecule has 3 N–H and O–H groups in total. The quantitative estimate of drug-likeness (QED) is 0.640. The molecular formula is C12H16ClN5. The van der Waals surface area contributed by atoms with Crippen LogP contribution in [-0.4, -0.2) is 14.8 Å². The summed E-state index contributed by atoms with van der Waals surface area (Å²) in [5, 5.41) is 4.88. The molecular weight excluding hydrogens is 250 g/mol. The van der Waals surface area contributed by atoms with E-state index in [2.05, 4.69) is 22.4 Å². The number of aryl methyl sites for hydroxylation is 1. The molecule has 0 saturated heterocycles. The number of hydrogen-bond acceptors (Lipinski definition) is 4. The number of hydrazine groups is 1. The van der Waals surface area contributed by atoms with E-state index in [0.717, 1.165) is 24.2 Å². The second-order valence-corrected chi connectivity index (χ2v) is 4.39. The number of hydrogen-bond donors (Lipinski definition) is 2. The molecule has 2 rings (SSSR count). The van der Waals surface area contributed by atoms with Crippen molar-refractivity contribution >= 4 is 11.6 Å². The average Bonchev–Trinajstić information content (AvgIpc) is 2.75. The first-order valence-electron chi connectivity index (χ1n) is 5.85. The van der Waals surface area contributed by atoms with Gasteiger partial charge in [0.2, 0.25) is 0 Å². The van der Waals surface area contributed by atoms with Gasteiger partial charge in [-0.05, 0) is 18.1 Å². The third-order valence-electron chi connectivity index (χ3n) is 2.73. The zero-order chi connectivity index (χ0) is 13.0. The molecule has 0 saturated carbocycles. The molecule has 0 bridgehead atoms. The number of rotatable bonds is 5. The van der Waals surface area contributed by atoms with Gasteiger partial charge in [0.25, 0.3) is 0 Å². The molecule has 1 atom stereocenters. The summed E-state index contributed by atoms with van der Waals surface area (Å²) in [5.74, 6) is 5.65. The maximum atomic E-state index is 6.20. The second kappa shape index (κ2) is 5.95. The summed E-state index contributed by atoms with van der Waals surface area (Å²) in [7, 11) is 0. The van der Waals surface area contributed by atoms with Crippen LogP contribution in [0.2, 0.25) is 5.02 Å². The Bertz CT molecular complexity index is 496. The largest absolute Gasteiger partial charge is 0.271 e. The van der Waals surface area contributed by atoms with Gasteiger partial charge in [-0.15, -0.1) is 0 Å². The number of halogens is 1. The Kier molecular flexibility index (Phi) is 4.30. The topological polar surface area (TPSA) is 68.8 Å². The summed E-state index contributed by atoms with van der Waals surface area (Å²) in [6.45, 7) is 2.90.